The van der Waals surface area contributed by atoms with Gasteiger partial charge in [0.05, 0.1) is 0 Å². The van der Waals surface area contributed by atoms with Gasteiger partial charge in [-0.1, -0.05) is 6.92 Å². The van der Waals surface area contributed by atoms with Crippen molar-refractivity contribution in [3.63, 3.8) is 0 Å². The fourth-order valence-corrected chi connectivity index (χ4v) is 1.27. The molecule has 80 valence electrons. The molecule has 6 nitrogen and oxygen atoms in total. The molecule has 0 saturated carbocycles. The maximum absolute atomic E-state index is 11.5. The summed E-state index contributed by atoms with van der Waals surface area (Å²) in [6.45, 7) is 2.26. The first kappa shape index (κ1) is 9.70. The Kier molecular flexibility index (Phi) is 2.40. The minimum Gasteiger partial charge on any atom is -0.423 e. The number of imidazole rings is 1. The van der Waals surface area contributed by atoms with Crippen molar-refractivity contribution in [1.82, 2.24) is 19.3 Å². The Morgan fingerprint density at radius 1 is 1.33 bits per heavy atom. The van der Waals surface area contributed by atoms with Gasteiger partial charge in [0.25, 0.3) is 0 Å². The summed E-state index contributed by atoms with van der Waals surface area (Å²) >= 11 is 0. The van der Waals surface area contributed by atoms with Crippen molar-refractivity contribution in [3.8, 4) is 0 Å². The van der Waals surface area contributed by atoms with Gasteiger partial charge in [-0.3, -0.25) is 4.57 Å². The standard InChI is InChI=1S/C9H12N4O2/c1-3-7-10-11-8(15-7)6-13-5-4-12(2)9(13)14/h4-5H,3,6H2,1-2H3. The van der Waals surface area contributed by atoms with E-state index in [2.05, 4.69) is 10.2 Å². The third-order valence-corrected chi connectivity index (χ3v) is 2.13. The Labute approximate surface area is 86.2 Å². The molecule has 0 bridgehead atoms. The zero-order valence-electron chi connectivity index (χ0n) is 8.67. The molecular formula is C9H12N4O2. The molecule has 0 spiro atoms. The maximum Gasteiger partial charge on any atom is 0.328 e. The number of hydrogen-bond acceptors (Lipinski definition) is 4. The van der Waals surface area contributed by atoms with Gasteiger partial charge in [0, 0.05) is 25.9 Å². The number of aromatic nitrogens is 4. The lowest BCUT2D eigenvalue weighted by Crippen LogP contribution is -2.22. The highest BCUT2D eigenvalue weighted by Crippen LogP contribution is 2.01. The van der Waals surface area contributed by atoms with Crippen molar-refractivity contribution in [2.24, 2.45) is 7.05 Å². The SMILES string of the molecule is CCc1nnc(Cn2ccn(C)c2=O)o1. The molecule has 0 unspecified atom stereocenters. The zero-order chi connectivity index (χ0) is 10.8. The summed E-state index contributed by atoms with van der Waals surface area (Å²) in [7, 11) is 1.70. The van der Waals surface area contributed by atoms with Crippen LogP contribution in [-0.2, 0) is 20.0 Å². The maximum atomic E-state index is 11.5. The summed E-state index contributed by atoms with van der Waals surface area (Å²) in [6.07, 6.45) is 4.09. The van der Waals surface area contributed by atoms with E-state index in [9.17, 15) is 4.79 Å². The first-order valence-corrected chi connectivity index (χ1v) is 4.73. The lowest BCUT2D eigenvalue weighted by Gasteiger charge is -1.94. The molecule has 0 radical (unpaired) electrons. The van der Waals surface area contributed by atoms with Gasteiger partial charge >= 0.3 is 5.69 Å². The molecule has 0 saturated heterocycles. The van der Waals surface area contributed by atoms with Crippen LogP contribution in [-0.4, -0.2) is 19.3 Å². The molecule has 0 aliphatic rings. The van der Waals surface area contributed by atoms with Crippen molar-refractivity contribution in [2.45, 2.75) is 19.9 Å². The third-order valence-electron chi connectivity index (χ3n) is 2.13. The van der Waals surface area contributed by atoms with Crippen LogP contribution >= 0.6 is 0 Å². The molecular weight excluding hydrogens is 196 g/mol. The van der Waals surface area contributed by atoms with Crippen LogP contribution in [0.15, 0.2) is 21.6 Å². The molecule has 0 aliphatic carbocycles. The van der Waals surface area contributed by atoms with Crippen LogP contribution in [0.3, 0.4) is 0 Å². The van der Waals surface area contributed by atoms with Gasteiger partial charge in [-0.05, 0) is 0 Å². The fourth-order valence-electron chi connectivity index (χ4n) is 1.27. The minimum absolute atomic E-state index is 0.0914. The summed E-state index contributed by atoms with van der Waals surface area (Å²) in [5, 5.41) is 7.68. The van der Waals surface area contributed by atoms with E-state index in [1.54, 1.807) is 19.4 Å². The van der Waals surface area contributed by atoms with Crippen LogP contribution in [0.25, 0.3) is 0 Å². The first-order chi connectivity index (χ1) is 7.20. The van der Waals surface area contributed by atoms with Crippen molar-refractivity contribution >= 4 is 0 Å². The Hall–Kier alpha value is -1.85. The van der Waals surface area contributed by atoms with Gasteiger partial charge in [0.1, 0.15) is 6.54 Å². The van der Waals surface area contributed by atoms with Crippen LogP contribution in [0.5, 0.6) is 0 Å². The van der Waals surface area contributed by atoms with Gasteiger partial charge in [-0.25, -0.2) is 4.79 Å². The summed E-state index contributed by atoms with van der Waals surface area (Å²) < 4.78 is 8.33. The van der Waals surface area contributed by atoms with E-state index in [0.29, 0.717) is 24.7 Å². The van der Waals surface area contributed by atoms with E-state index in [1.807, 2.05) is 6.92 Å². The first-order valence-electron chi connectivity index (χ1n) is 4.73. The monoisotopic (exact) mass is 208 g/mol. The predicted molar refractivity (Wildman–Crippen MR) is 52.5 cm³/mol. The van der Waals surface area contributed by atoms with E-state index in [0.717, 1.165) is 0 Å². The summed E-state index contributed by atoms with van der Waals surface area (Å²) in [4.78, 5) is 11.5. The molecule has 2 rings (SSSR count). The molecule has 0 aromatic carbocycles. The van der Waals surface area contributed by atoms with Gasteiger partial charge in [-0.15, -0.1) is 10.2 Å². The van der Waals surface area contributed by atoms with Crippen LogP contribution in [0.1, 0.15) is 18.7 Å². The quantitative estimate of drug-likeness (QED) is 0.721. The van der Waals surface area contributed by atoms with E-state index in [1.165, 1.54) is 9.13 Å². The molecule has 0 amide bonds. The fraction of sp³-hybridized carbons (Fsp3) is 0.444. The van der Waals surface area contributed by atoms with Gasteiger partial charge in [-0.2, -0.15) is 0 Å². The second-order valence-electron chi connectivity index (χ2n) is 3.26. The molecule has 2 aromatic heterocycles. The number of nitrogens with zero attached hydrogens (tertiary/aromatic N) is 4. The normalized spacial score (nSPS) is 10.8. The number of aryl methyl sites for hydroxylation is 2. The summed E-state index contributed by atoms with van der Waals surface area (Å²) in [6, 6.07) is 0. The molecule has 6 heteroatoms. The average Bonchev–Trinajstić information content (AvgIpc) is 2.80. The van der Waals surface area contributed by atoms with Crippen LogP contribution in [0, 0.1) is 0 Å². The second kappa shape index (κ2) is 3.72. The van der Waals surface area contributed by atoms with Crippen LogP contribution in [0.2, 0.25) is 0 Å². The van der Waals surface area contributed by atoms with Crippen molar-refractivity contribution in [1.29, 1.82) is 0 Å². The Morgan fingerprint density at radius 2 is 2.07 bits per heavy atom. The Morgan fingerprint density at radius 3 is 2.60 bits per heavy atom. The average molecular weight is 208 g/mol. The number of hydrogen-bond donors (Lipinski definition) is 0. The predicted octanol–water partition coefficient (Wildman–Crippen LogP) is 0.180. The molecule has 0 atom stereocenters. The van der Waals surface area contributed by atoms with E-state index < -0.39 is 0 Å². The van der Waals surface area contributed by atoms with Gasteiger partial charge in [0.15, 0.2) is 0 Å². The summed E-state index contributed by atoms with van der Waals surface area (Å²) in [5.74, 6) is 1.05. The lowest BCUT2D eigenvalue weighted by atomic mass is 10.5. The third kappa shape index (κ3) is 1.83. The topological polar surface area (TPSA) is 65.8 Å². The molecule has 0 aliphatic heterocycles. The van der Waals surface area contributed by atoms with Crippen molar-refractivity contribution in [3.05, 3.63) is 34.7 Å². The highest BCUT2D eigenvalue weighted by atomic mass is 16.4. The highest BCUT2D eigenvalue weighted by Gasteiger charge is 2.07. The smallest absolute Gasteiger partial charge is 0.328 e. The van der Waals surface area contributed by atoms with Gasteiger partial charge in [0.2, 0.25) is 11.8 Å². The van der Waals surface area contributed by atoms with E-state index in [-0.39, 0.29) is 5.69 Å². The van der Waals surface area contributed by atoms with Gasteiger partial charge < -0.3 is 8.98 Å². The van der Waals surface area contributed by atoms with E-state index in [4.69, 9.17) is 4.42 Å². The number of rotatable bonds is 3. The van der Waals surface area contributed by atoms with Crippen molar-refractivity contribution in [2.75, 3.05) is 0 Å². The molecule has 15 heavy (non-hydrogen) atoms. The Bertz CT molecular complexity index is 508. The second-order valence-corrected chi connectivity index (χ2v) is 3.26. The largest absolute Gasteiger partial charge is 0.423 e. The lowest BCUT2D eigenvalue weighted by molar-refractivity contribution is 0.439. The molecule has 2 heterocycles. The summed E-state index contributed by atoms with van der Waals surface area (Å²) in [5.41, 5.74) is -0.0914. The van der Waals surface area contributed by atoms with Crippen molar-refractivity contribution < 1.29 is 4.42 Å². The molecule has 0 fully saturated rings. The van der Waals surface area contributed by atoms with Crippen LogP contribution < -0.4 is 5.69 Å². The highest BCUT2D eigenvalue weighted by molar-refractivity contribution is 4.87. The molecule has 2 aromatic rings. The van der Waals surface area contributed by atoms with Crippen LogP contribution in [0.4, 0.5) is 0 Å². The Balaban J connectivity index is 2.22. The minimum atomic E-state index is -0.0914. The van der Waals surface area contributed by atoms with E-state index >= 15 is 0 Å². The zero-order valence-corrected chi connectivity index (χ0v) is 8.67. The molecule has 0 N–H and O–H groups in total.